The largest absolute Gasteiger partial charge is 0.337 e. The van der Waals surface area contributed by atoms with Gasteiger partial charge in [0.25, 0.3) is 5.91 Å². The van der Waals surface area contributed by atoms with Crippen LogP contribution in [-0.4, -0.2) is 48.2 Å². The molecule has 1 amide bonds. The molecule has 0 aromatic carbocycles. The van der Waals surface area contributed by atoms with Gasteiger partial charge in [-0.15, -0.1) is 0 Å². The van der Waals surface area contributed by atoms with Gasteiger partial charge >= 0.3 is 0 Å². The lowest BCUT2D eigenvalue weighted by atomic mass is 10.0. The van der Waals surface area contributed by atoms with Crippen molar-refractivity contribution in [3.8, 4) is 0 Å². The van der Waals surface area contributed by atoms with Gasteiger partial charge in [0.2, 0.25) is 0 Å². The highest BCUT2D eigenvalue weighted by atomic mass is 16.2. The van der Waals surface area contributed by atoms with Gasteiger partial charge in [-0.25, -0.2) is 9.97 Å². The van der Waals surface area contributed by atoms with E-state index in [-0.39, 0.29) is 5.91 Å². The fourth-order valence-corrected chi connectivity index (χ4v) is 3.97. The quantitative estimate of drug-likeness (QED) is 0.659. The zero-order chi connectivity index (χ0) is 19.7. The monoisotopic (exact) mass is 380 g/mol. The molecular weight excluding hydrogens is 352 g/mol. The molecule has 1 saturated heterocycles. The topological polar surface area (TPSA) is 68.8 Å². The molecule has 1 unspecified atom stereocenters. The first kappa shape index (κ1) is 18.7. The van der Waals surface area contributed by atoms with Crippen molar-refractivity contribution in [2.45, 2.75) is 46.7 Å². The second kappa shape index (κ2) is 7.73. The smallest absolute Gasteiger partial charge is 0.274 e. The Morgan fingerprint density at radius 2 is 2.18 bits per heavy atom. The van der Waals surface area contributed by atoms with E-state index in [1.54, 1.807) is 4.68 Å². The Hall–Kier alpha value is -2.70. The maximum atomic E-state index is 12.7. The molecule has 1 fully saturated rings. The molecule has 4 heterocycles. The van der Waals surface area contributed by atoms with Crippen LogP contribution in [0.2, 0.25) is 0 Å². The number of nitrogens with zero attached hydrogens (tertiary/aromatic N) is 6. The SMILES string of the molecule is CCn1ccc(C(=O)N2CCC(Cc3nc4cccnc4n3CC(C)C)C2)n1. The minimum absolute atomic E-state index is 0.0343. The van der Waals surface area contributed by atoms with Crippen molar-refractivity contribution in [3.05, 3.63) is 42.1 Å². The van der Waals surface area contributed by atoms with Gasteiger partial charge < -0.3 is 9.47 Å². The van der Waals surface area contributed by atoms with Crippen molar-refractivity contribution in [1.82, 2.24) is 29.2 Å². The molecule has 7 heteroatoms. The van der Waals surface area contributed by atoms with Crippen LogP contribution in [0.15, 0.2) is 30.6 Å². The van der Waals surface area contributed by atoms with Crippen LogP contribution >= 0.6 is 0 Å². The zero-order valence-corrected chi connectivity index (χ0v) is 16.9. The number of aryl methyl sites for hydroxylation is 1. The lowest BCUT2D eigenvalue weighted by Crippen LogP contribution is -2.29. The summed E-state index contributed by atoms with van der Waals surface area (Å²) < 4.78 is 4.05. The third-order valence-electron chi connectivity index (χ3n) is 5.36. The van der Waals surface area contributed by atoms with Gasteiger partial charge in [-0.05, 0) is 43.4 Å². The predicted octanol–water partition coefficient (Wildman–Crippen LogP) is 3.01. The van der Waals surface area contributed by atoms with Crippen molar-refractivity contribution in [2.75, 3.05) is 13.1 Å². The number of aromatic nitrogens is 5. The highest BCUT2D eigenvalue weighted by Crippen LogP contribution is 2.24. The molecule has 148 valence electrons. The van der Waals surface area contributed by atoms with Gasteiger partial charge in [0.1, 0.15) is 17.0 Å². The van der Waals surface area contributed by atoms with Gasteiger partial charge in [0, 0.05) is 45.0 Å². The number of likely N-dealkylation sites (tertiary alicyclic amines) is 1. The normalized spacial score (nSPS) is 17.1. The number of carbonyl (C=O) groups excluding carboxylic acids is 1. The molecule has 0 spiro atoms. The van der Waals surface area contributed by atoms with E-state index in [2.05, 4.69) is 28.5 Å². The Kier molecular flexibility index (Phi) is 5.15. The molecule has 4 rings (SSSR count). The van der Waals surface area contributed by atoms with E-state index >= 15 is 0 Å². The van der Waals surface area contributed by atoms with Crippen LogP contribution in [0.3, 0.4) is 0 Å². The molecule has 1 aliphatic heterocycles. The Bertz CT molecular complexity index is 972. The van der Waals surface area contributed by atoms with E-state index in [1.807, 2.05) is 42.4 Å². The number of amides is 1. The number of hydrogen-bond donors (Lipinski definition) is 0. The lowest BCUT2D eigenvalue weighted by molar-refractivity contribution is 0.0780. The van der Waals surface area contributed by atoms with Crippen LogP contribution < -0.4 is 0 Å². The molecule has 0 N–H and O–H groups in total. The molecule has 1 aliphatic rings. The molecule has 28 heavy (non-hydrogen) atoms. The first-order valence-corrected chi connectivity index (χ1v) is 10.2. The highest BCUT2D eigenvalue weighted by Gasteiger charge is 2.29. The summed E-state index contributed by atoms with van der Waals surface area (Å²) in [6.45, 7) is 9.67. The Morgan fingerprint density at radius 1 is 1.32 bits per heavy atom. The average molecular weight is 380 g/mol. The third kappa shape index (κ3) is 3.66. The number of hydrogen-bond acceptors (Lipinski definition) is 4. The van der Waals surface area contributed by atoms with Crippen molar-refractivity contribution in [2.24, 2.45) is 11.8 Å². The Labute approximate surface area is 165 Å². The van der Waals surface area contributed by atoms with Crippen molar-refractivity contribution >= 4 is 17.1 Å². The summed E-state index contributed by atoms with van der Waals surface area (Å²) in [5.41, 5.74) is 2.45. The Balaban J connectivity index is 1.49. The van der Waals surface area contributed by atoms with Crippen LogP contribution in [-0.2, 0) is 19.5 Å². The van der Waals surface area contributed by atoms with Gasteiger partial charge in [-0.2, -0.15) is 5.10 Å². The second-order valence-electron chi connectivity index (χ2n) is 8.05. The molecule has 1 atom stereocenters. The van der Waals surface area contributed by atoms with E-state index in [1.165, 1.54) is 0 Å². The van der Waals surface area contributed by atoms with Gasteiger partial charge in [-0.1, -0.05) is 13.8 Å². The lowest BCUT2D eigenvalue weighted by Gasteiger charge is -2.16. The van der Waals surface area contributed by atoms with Gasteiger partial charge in [0.15, 0.2) is 5.65 Å². The van der Waals surface area contributed by atoms with E-state index in [0.717, 1.165) is 56.0 Å². The number of pyridine rings is 1. The maximum Gasteiger partial charge on any atom is 0.274 e. The van der Waals surface area contributed by atoms with Crippen molar-refractivity contribution in [1.29, 1.82) is 0 Å². The van der Waals surface area contributed by atoms with Crippen LogP contribution in [0, 0.1) is 11.8 Å². The number of rotatable bonds is 6. The Morgan fingerprint density at radius 3 is 2.93 bits per heavy atom. The molecule has 0 bridgehead atoms. The summed E-state index contributed by atoms with van der Waals surface area (Å²) >= 11 is 0. The number of carbonyl (C=O) groups is 1. The van der Waals surface area contributed by atoms with E-state index in [4.69, 9.17) is 4.98 Å². The maximum absolute atomic E-state index is 12.7. The van der Waals surface area contributed by atoms with Crippen molar-refractivity contribution < 1.29 is 4.79 Å². The van der Waals surface area contributed by atoms with Gasteiger partial charge in [0.05, 0.1) is 0 Å². The standard InChI is InChI=1S/C21H28N6O/c1-4-26-11-8-18(24-26)21(28)25-10-7-16(14-25)12-19-23-17-6-5-9-22-20(17)27(19)13-15(2)3/h5-6,8-9,11,15-16H,4,7,10,12-14H2,1-3H3. The summed E-state index contributed by atoms with van der Waals surface area (Å²) in [5, 5.41) is 4.36. The minimum Gasteiger partial charge on any atom is -0.337 e. The number of imidazole rings is 1. The third-order valence-corrected chi connectivity index (χ3v) is 5.36. The molecule has 0 saturated carbocycles. The van der Waals surface area contributed by atoms with E-state index < -0.39 is 0 Å². The predicted molar refractivity (Wildman–Crippen MR) is 108 cm³/mol. The molecular formula is C21H28N6O. The fourth-order valence-electron chi connectivity index (χ4n) is 3.97. The van der Waals surface area contributed by atoms with Crippen molar-refractivity contribution in [3.63, 3.8) is 0 Å². The second-order valence-corrected chi connectivity index (χ2v) is 8.05. The molecule has 7 nitrogen and oxygen atoms in total. The minimum atomic E-state index is 0.0343. The zero-order valence-electron chi connectivity index (χ0n) is 16.9. The summed E-state index contributed by atoms with van der Waals surface area (Å²) in [5.74, 6) is 2.05. The molecule has 3 aromatic rings. The fraction of sp³-hybridized carbons (Fsp3) is 0.524. The van der Waals surface area contributed by atoms with E-state index in [9.17, 15) is 4.79 Å². The van der Waals surface area contributed by atoms with Crippen LogP contribution in [0.1, 0.15) is 43.5 Å². The first-order chi connectivity index (χ1) is 13.5. The highest BCUT2D eigenvalue weighted by molar-refractivity contribution is 5.92. The molecule has 0 aliphatic carbocycles. The number of fused-ring (bicyclic) bond motifs is 1. The first-order valence-electron chi connectivity index (χ1n) is 10.2. The average Bonchev–Trinajstić information content (AvgIpc) is 3.41. The molecule has 0 radical (unpaired) electrons. The van der Waals surface area contributed by atoms with Crippen LogP contribution in [0.5, 0.6) is 0 Å². The summed E-state index contributed by atoms with van der Waals surface area (Å²) in [7, 11) is 0. The molecule has 3 aromatic heterocycles. The van der Waals surface area contributed by atoms with E-state index in [0.29, 0.717) is 17.5 Å². The summed E-state index contributed by atoms with van der Waals surface area (Å²) in [6.07, 6.45) is 5.56. The summed E-state index contributed by atoms with van der Waals surface area (Å²) in [6, 6.07) is 5.77. The van der Waals surface area contributed by atoms with Crippen LogP contribution in [0.4, 0.5) is 0 Å². The van der Waals surface area contributed by atoms with Gasteiger partial charge in [-0.3, -0.25) is 9.48 Å². The summed E-state index contributed by atoms with van der Waals surface area (Å²) in [4.78, 5) is 24.1. The van der Waals surface area contributed by atoms with Crippen LogP contribution in [0.25, 0.3) is 11.2 Å².